The third-order valence-corrected chi connectivity index (χ3v) is 4.75. The lowest BCUT2D eigenvalue weighted by Gasteiger charge is -2.13. The van der Waals surface area contributed by atoms with Gasteiger partial charge in [0.15, 0.2) is 0 Å². The quantitative estimate of drug-likeness (QED) is 0.891. The van der Waals surface area contributed by atoms with Crippen LogP contribution < -0.4 is 15.4 Å². The number of urea groups is 1. The van der Waals surface area contributed by atoms with Crippen molar-refractivity contribution in [1.29, 1.82) is 0 Å². The molecule has 3 rings (SSSR count). The van der Waals surface area contributed by atoms with Crippen LogP contribution in [0, 0.1) is 11.8 Å². The van der Waals surface area contributed by atoms with Crippen molar-refractivity contribution in [3.63, 3.8) is 0 Å². The summed E-state index contributed by atoms with van der Waals surface area (Å²) in [5, 5.41) is 6.20. The van der Waals surface area contributed by atoms with Gasteiger partial charge in [0, 0.05) is 17.6 Å². The lowest BCUT2D eigenvalue weighted by Crippen LogP contribution is -2.36. The van der Waals surface area contributed by atoms with Crippen LogP contribution in [-0.4, -0.2) is 28.5 Å². The molecule has 7 heteroatoms. The molecule has 2 aliphatic rings. The number of rotatable bonds is 3. The van der Waals surface area contributed by atoms with E-state index in [0.717, 1.165) is 36.2 Å². The van der Waals surface area contributed by atoms with E-state index in [2.05, 4.69) is 20.0 Å². The summed E-state index contributed by atoms with van der Waals surface area (Å²) < 4.78 is 8.81. The minimum Gasteiger partial charge on any atom is -0.466 e. The lowest BCUT2D eigenvalue weighted by molar-refractivity contribution is 0.248. The summed E-state index contributed by atoms with van der Waals surface area (Å²) in [4.78, 5) is 15.9. The number of fused-ring (bicyclic) bond motifs is 1. The first kappa shape index (κ1) is 12.7. The van der Waals surface area contributed by atoms with Crippen molar-refractivity contribution in [2.24, 2.45) is 11.8 Å². The van der Waals surface area contributed by atoms with Crippen LogP contribution >= 0.6 is 11.5 Å². The van der Waals surface area contributed by atoms with Crippen LogP contribution in [0.4, 0.5) is 9.93 Å². The molecule has 0 saturated heterocycles. The molecule has 3 atom stereocenters. The van der Waals surface area contributed by atoms with E-state index in [9.17, 15) is 4.79 Å². The summed E-state index contributed by atoms with van der Waals surface area (Å²) in [5.74, 6) is 1.65. The third-order valence-electron chi connectivity index (χ3n) is 4.14. The number of methoxy groups -OCH3 is 1. The Balaban J connectivity index is 1.49. The molecule has 0 bridgehead atoms. The summed E-state index contributed by atoms with van der Waals surface area (Å²) >= 11 is 1.12. The summed E-state index contributed by atoms with van der Waals surface area (Å²) in [7, 11) is 1.50. The van der Waals surface area contributed by atoms with E-state index in [0.29, 0.717) is 11.2 Å². The van der Waals surface area contributed by atoms with Gasteiger partial charge in [0.05, 0.1) is 7.11 Å². The number of ether oxygens (including phenoxy) is 1. The summed E-state index contributed by atoms with van der Waals surface area (Å²) in [6, 6.07) is 0.407. The Morgan fingerprint density at radius 2 is 2.11 bits per heavy atom. The largest absolute Gasteiger partial charge is 0.466 e. The van der Waals surface area contributed by atoms with Gasteiger partial charge in [-0.2, -0.15) is 4.98 Å². The first-order valence-corrected chi connectivity index (χ1v) is 7.47. The fourth-order valence-corrected chi connectivity index (χ4v) is 3.88. The van der Waals surface area contributed by atoms with Crippen molar-refractivity contribution in [1.82, 2.24) is 14.7 Å². The van der Waals surface area contributed by atoms with E-state index < -0.39 is 0 Å². The van der Waals surface area contributed by atoms with Crippen LogP contribution in [0.5, 0.6) is 6.01 Å². The average molecular weight is 282 g/mol. The smallest absolute Gasteiger partial charge is 0.329 e. The van der Waals surface area contributed by atoms with E-state index in [4.69, 9.17) is 4.74 Å². The fourth-order valence-electron chi connectivity index (χ4n) is 3.34. The third kappa shape index (κ3) is 2.80. The molecule has 0 spiro atoms. The van der Waals surface area contributed by atoms with Crippen molar-refractivity contribution in [2.75, 3.05) is 12.4 Å². The van der Waals surface area contributed by atoms with Crippen LogP contribution in [0.1, 0.15) is 32.1 Å². The number of carbonyl (C=O) groups excluding carboxylic acids is 1. The molecule has 104 valence electrons. The highest BCUT2D eigenvalue weighted by Gasteiger charge is 2.37. The predicted molar refractivity (Wildman–Crippen MR) is 72.5 cm³/mol. The van der Waals surface area contributed by atoms with Crippen LogP contribution in [0.3, 0.4) is 0 Å². The van der Waals surface area contributed by atoms with Crippen molar-refractivity contribution in [2.45, 2.75) is 38.1 Å². The second-order valence-electron chi connectivity index (χ2n) is 5.30. The molecule has 2 amide bonds. The Morgan fingerprint density at radius 3 is 2.74 bits per heavy atom. The SMILES string of the molecule is COc1nsc(NC(=O)NC2C[C@H]3CCC[C@H]3C2)n1. The number of hydrogen-bond acceptors (Lipinski definition) is 5. The maximum absolute atomic E-state index is 11.9. The van der Waals surface area contributed by atoms with Gasteiger partial charge in [-0.3, -0.25) is 5.32 Å². The molecule has 2 saturated carbocycles. The van der Waals surface area contributed by atoms with Gasteiger partial charge in [-0.05, 0) is 24.7 Å². The molecule has 1 aromatic rings. The highest BCUT2D eigenvalue weighted by molar-refractivity contribution is 7.10. The predicted octanol–water partition coefficient (Wildman–Crippen LogP) is 2.25. The molecule has 0 aliphatic heterocycles. The van der Waals surface area contributed by atoms with Crippen molar-refractivity contribution < 1.29 is 9.53 Å². The van der Waals surface area contributed by atoms with Gasteiger partial charge in [0.2, 0.25) is 5.13 Å². The molecular formula is C12H18N4O2S. The number of nitrogens with one attached hydrogen (secondary N) is 2. The Bertz CT molecular complexity index is 452. The summed E-state index contributed by atoms with van der Waals surface area (Å²) in [6.45, 7) is 0. The molecule has 2 aliphatic carbocycles. The zero-order valence-corrected chi connectivity index (χ0v) is 11.7. The van der Waals surface area contributed by atoms with Crippen molar-refractivity contribution in [3.05, 3.63) is 0 Å². The molecule has 1 aromatic heterocycles. The molecule has 1 heterocycles. The molecule has 2 N–H and O–H groups in total. The second-order valence-corrected chi connectivity index (χ2v) is 6.06. The van der Waals surface area contributed by atoms with Crippen molar-refractivity contribution >= 4 is 22.7 Å². The minimum atomic E-state index is -0.191. The van der Waals surface area contributed by atoms with Gasteiger partial charge in [0.25, 0.3) is 0 Å². The normalized spacial score (nSPS) is 29.0. The Hall–Kier alpha value is -1.37. The second kappa shape index (κ2) is 5.32. The van der Waals surface area contributed by atoms with E-state index in [-0.39, 0.29) is 12.0 Å². The topological polar surface area (TPSA) is 76.1 Å². The molecule has 19 heavy (non-hydrogen) atoms. The van der Waals surface area contributed by atoms with Gasteiger partial charge >= 0.3 is 12.0 Å². The van der Waals surface area contributed by atoms with Gasteiger partial charge < -0.3 is 10.1 Å². The van der Waals surface area contributed by atoms with Crippen LogP contribution in [-0.2, 0) is 0 Å². The Kier molecular flexibility index (Phi) is 3.54. The Morgan fingerprint density at radius 1 is 1.37 bits per heavy atom. The van der Waals surface area contributed by atoms with Crippen molar-refractivity contribution in [3.8, 4) is 6.01 Å². The molecule has 1 unspecified atom stereocenters. The number of anilines is 1. The maximum Gasteiger partial charge on any atom is 0.329 e. The highest BCUT2D eigenvalue weighted by Crippen LogP contribution is 2.43. The van der Waals surface area contributed by atoms with Gasteiger partial charge in [-0.1, -0.05) is 19.3 Å². The Labute approximate surface area is 116 Å². The minimum absolute atomic E-state index is 0.191. The highest BCUT2D eigenvalue weighted by atomic mass is 32.1. The summed E-state index contributed by atoms with van der Waals surface area (Å²) in [6.07, 6.45) is 6.27. The molecule has 0 radical (unpaired) electrons. The maximum atomic E-state index is 11.9. The number of carbonyl (C=O) groups is 1. The molecule has 0 aromatic carbocycles. The molecule has 2 fully saturated rings. The number of nitrogens with zero attached hydrogens (tertiary/aromatic N) is 2. The monoisotopic (exact) mass is 282 g/mol. The van der Waals surface area contributed by atoms with Crippen LogP contribution in [0.15, 0.2) is 0 Å². The van der Waals surface area contributed by atoms with Gasteiger partial charge in [-0.15, -0.1) is 4.37 Å². The van der Waals surface area contributed by atoms with E-state index in [1.54, 1.807) is 0 Å². The van der Waals surface area contributed by atoms with E-state index in [1.807, 2.05) is 0 Å². The van der Waals surface area contributed by atoms with Crippen LogP contribution in [0.2, 0.25) is 0 Å². The van der Waals surface area contributed by atoms with Gasteiger partial charge in [0.1, 0.15) is 0 Å². The van der Waals surface area contributed by atoms with E-state index in [1.165, 1.54) is 26.4 Å². The average Bonchev–Trinajstić information content (AvgIpc) is 3.03. The zero-order chi connectivity index (χ0) is 13.2. The van der Waals surface area contributed by atoms with Crippen LogP contribution in [0.25, 0.3) is 0 Å². The fraction of sp³-hybridized carbons (Fsp3) is 0.750. The number of amides is 2. The first-order valence-electron chi connectivity index (χ1n) is 6.70. The number of aromatic nitrogens is 2. The van der Waals surface area contributed by atoms with E-state index >= 15 is 0 Å². The first-order chi connectivity index (χ1) is 9.24. The molecule has 6 nitrogen and oxygen atoms in total. The van der Waals surface area contributed by atoms with Gasteiger partial charge in [-0.25, -0.2) is 4.79 Å². The standard InChI is InChI=1S/C12H18N4O2S/c1-18-11-15-12(19-16-11)14-10(17)13-9-5-7-3-2-4-8(7)6-9/h7-9H,2-6H2,1H3,(H2,13,14,15,16,17)/t7-,8+,9?. The summed E-state index contributed by atoms with van der Waals surface area (Å²) in [5.41, 5.74) is 0. The number of hydrogen-bond donors (Lipinski definition) is 2. The zero-order valence-electron chi connectivity index (χ0n) is 10.9. The molecular weight excluding hydrogens is 264 g/mol. The lowest BCUT2D eigenvalue weighted by atomic mass is 10.0.